The van der Waals surface area contributed by atoms with Crippen molar-refractivity contribution in [1.82, 2.24) is 10.6 Å². The van der Waals surface area contributed by atoms with Gasteiger partial charge in [0.2, 0.25) is 0 Å². The van der Waals surface area contributed by atoms with E-state index in [0.717, 1.165) is 11.8 Å². The first-order chi connectivity index (χ1) is 29.1. The molecule has 0 spiro atoms. The molecule has 0 amide bonds. The number of carboxylic acid groups (broad SMARTS) is 4. The summed E-state index contributed by atoms with van der Waals surface area (Å²) in [6.07, 6.45) is 39.7. The van der Waals surface area contributed by atoms with Crippen LogP contribution in [0.15, 0.2) is 0 Å². The second kappa shape index (κ2) is 36.1. The van der Waals surface area contributed by atoms with Crippen molar-refractivity contribution < 1.29 is 39.6 Å². The average Bonchev–Trinajstić information content (AvgIpc) is 3.14. The van der Waals surface area contributed by atoms with Crippen molar-refractivity contribution in [3.63, 3.8) is 0 Å². The molecule has 2 fully saturated rings. The predicted octanol–water partition coefficient (Wildman–Crippen LogP) is 14.3. The van der Waals surface area contributed by atoms with Crippen LogP contribution in [0, 0.1) is 22.7 Å². The van der Waals surface area contributed by atoms with Gasteiger partial charge < -0.3 is 31.1 Å². The number of unbranched alkanes of at least 4 members (excludes halogenated alkanes) is 20. The fraction of sp³-hybridized carbons (Fsp3) is 0.923. The minimum Gasteiger partial charge on any atom is -0.483 e. The molecule has 0 aromatic heterocycles. The van der Waals surface area contributed by atoms with Crippen LogP contribution in [0.5, 0.6) is 0 Å². The van der Waals surface area contributed by atoms with Gasteiger partial charge in [0.1, 0.15) is 0 Å². The van der Waals surface area contributed by atoms with Crippen LogP contribution < -0.4 is 10.6 Å². The molecule has 10 heteroatoms. The molecule has 0 radical (unpaired) electrons. The van der Waals surface area contributed by atoms with E-state index in [1.54, 1.807) is 0 Å². The molecule has 2 aliphatic heterocycles. The lowest BCUT2D eigenvalue weighted by atomic mass is 9.45. The SMILES string of the molecule is CCCCCCCCCCCCCC(C)(C1CC(C)(C)NC(C)(C)C1)C(C)(CCCCCCCCCCCCC)C1CC(C)(C)NC(C)(C)C1.O=CO.O=CO.O=CO.O=CO. The zero-order valence-electron chi connectivity index (χ0n) is 42.7. The highest BCUT2D eigenvalue weighted by Crippen LogP contribution is 2.62. The van der Waals surface area contributed by atoms with E-state index in [9.17, 15) is 0 Å². The Morgan fingerprint density at radius 3 is 0.726 bits per heavy atom. The van der Waals surface area contributed by atoms with E-state index in [4.69, 9.17) is 39.6 Å². The van der Waals surface area contributed by atoms with Gasteiger partial charge in [-0.3, -0.25) is 19.2 Å². The van der Waals surface area contributed by atoms with Crippen molar-refractivity contribution >= 4 is 25.9 Å². The van der Waals surface area contributed by atoms with Crippen molar-refractivity contribution in [2.75, 3.05) is 0 Å². The van der Waals surface area contributed by atoms with E-state index >= 15 is 0 Å². The molecular weight excluding hydrogens is 781 g/mol. The lowest BCUT2D eigenvalue weighted by Crippen LogP contribution is -2.64. The van der Waals surface area contributed by atoms with E-state index in [1.165, 1.54) is 180 Å². The molecule has 0 saturated carbocycles. The third kappa shape index (κ3) is 30.0. The Hall–Kier alpha value is -2.20. The van der Waals surface area contributed by atoms with Crippen LogP contribution in [0.25, 0.3) is 0 Å². The third-order valence-corrected chi connectivity index (χ3v) is 14.1. The number of carbonyl (C=O) groups is 4. The zero-order valence-corrected chi connectivity index (χ0v) is 42.7. The molecule has 0 bridgehead atoms. The molecule has 2 heterocycles. The highest BCUT2D eigenvalue weighted by molar-refractivity contribution is 5.33. The fourth-order valence-corrected chi connectivity index (χ4v) is 11.8. The summed E-state index contributed by atoms with van der Waals surface area (Å²) in [6.45, 7) is 29.3. The summed E-state index contributed by atoms with van der Waals surface area (Å²) >= 11 is 0. The first kappa shape index (κ1) is 64.1. The Balaban J connectivity index is -0.00000259. The lowest BCUT2D eigenvalue weighted by Gasteiger charge is -2.63. The number of hydrogen-bond acceptors (Lipinski definition) is 6. The van der Waals surface area contributed by atoms with Crippen molar-refractivity contribution in [3.05, 3.63) is 0 Å². The minimum absolute atomic E-state index is 0.189. The molecule has 10 nitrogen and oxygen atoms in total. The number of hydrogen-bond donors (Lipinski definition) is 6. The van der Waals surface area contributed by atoms with Gasteiger partial charge in [-0.05, 0) is 117 Å². The average molecular weight is 885 g/mol. The molecule has 2 saturated heterocycles. The van der Waals surface area contributed by atoms with Gasteiger partial charge in [-0.15, -0.1) is 0 Å². The van der Waals surface area contributed by atoms with Crippen molar-refractivity contribution in [2.24, 2.45) is 22.7 Å². The summed E-state index contributed by atoms with van der Waals surface area (Å²) in [5.74, 6) is 1.52. The first-order valence-corrected chi connectivity index (χ1v) is 25.0. The van der Waals surface area contributed by atoms with Crippen molar-refractivity contribution in [2.45, 2.75) is 285 Å². The van der Waals surface area contributed by atoms with Crippen LogP contribution in [0.1, 0.15) is 263 Å². The molecule has 0 aromatic rings. The fourth-order valence-electron chi connectivity index (χ4n) is 11.8. The van der Waals surface area contributed by atoms with Crippen LogP contribution in [-0.4, -0.2) is 68.5 Å². The van der Waals surface area contributed by atoms with Gasteiger partial charge in [0.05, 0.1) is 0 Å². The second-order valence-electron chi connectivity index (χ2n) is 21.8. The van der Waals surface area contributed by atoms with Crippen molar-refractivity contribution in [3.8, 4) is 0 Å². The van der Waals surface area contributed by atoms with Crippen LogP contribution in [0.4, 0.5) is 0 Å². The summed E-state index contributed by atoms with van der Waals surface area (Å²) in [5, 5.41) is 35.7. The van der Waals surface area contributed by atoms with E-state index < -0.39 is 0 Å². The highest BCUT2D eigenvalue weighted by Gasteiger charge is 2.57. The van der Waals surface area contributed by atoms with E-state index in [2.05, 4.69) is 93.7 Å². The van der Waals surface area contributed by atoms with Gasteiger partial charge in [0, 0.05) is 22.2 Å². The smallest absolute Gasteiger partial charge is 0.290 e. The largest absolute Gasteiger partial charge is 0.483 e. The molecule has 0 aliphatic carbocycles. The Labute approximate surface area is 382 Å². The molecular formula is C52H104N2O8. The summed E-state index contributed by atoms with van der Waals surface area (Å²) in [4.78, 5) is 33.4. The van der Waals surface area contributed by atoms with Gasteiger partial charge in [-0.1, -0.05) is 169 Å². The van der Waals surface area contributed by atoms with Gasteiger partial charge in [0.15, 0.2) is 0 Å². The Kier molecular flexibility index (Phi) is 37.3. The van der Waals surface area contributed by atoms with E-state index in [-0.39, 0.29) is 48.0 Å². The topological polar surface area (TPSA) is 173 Å². The van der Waals surface area contributed by atoms with Crippen LogP contribution in [0.3, 0.4) is 0 Å². The van der Waals surface area contributed by atoms with Crippen LogP contribution in [-0.2, 0) is 19.2 Å². The quantitative estimate of drug-likeness (QED) is 0.0344. The summed E-state index contributed by atoms with van der Waals surface area (Å²) in [7, 11) is 0. The van der Waals surface area contributed by atoms with E-state index in [1.807, 2.05) is 0 Å². The molecule has 6 N–H and O–H groups in total. The molecule has 2 unspecified atom stereocenters. The second-order valence-corrected chi connectivity index (χ2v) is 21.8. The maximum Gasteiger partial charge on any atom is 0.290 e. The monoisotopic (exact) mass is 885 g/mol. The van der Waals surface area contributed by atoms with Gasteiger partial charge in [-0.2, -0.15) is 0 Å². The summed E-state index contributed by atoms with van der Waals surface area (Å²) < 4.78 is 0. The Bertz CT molecular complexity index is 969. The molecule has 2 rings (SSSR count). The summed E-state index contributed by atoms with van der Waals surface area (Å²) in [5.41, 5.74) is 1.44. The van der Waals surface area contributed by atoms with Crippen LogP contribution >= 0.6 is 0 Å². The minimum atomic E-state index is -0.250. The number of rotatable bonds is 27. The van der Waals surface area contributed by atoms with Gasteiger partial charge in [-0.25, -0.2) is 0 Å². The van der Waals surface area contributed by atoms with E-state index in [0.29, 0.717) is 10.8 Å². The molecule has 62 heavy (non-hydrogen) atoms. The molecule has 2 aliphatic rings. The van der Waals surface area contributed by atoms with Gasteiger partial charge >= 0.3 is 0 Å². The normalized spacial score (nSPS) is 19.4. The van der Waals surface area contributed by atoms with Crippen LogP contribution in [0.2, 0.25) is 0 Å². The predicted molar refractivity (Wildman–Crippen MR) is 261 cm³/mol. The summed E-state index contributed by atoms with van der Waals surface area (Å²) in [6, 6.07) is 0. The maximum atomic E-state index is 8.36. The highest BCUT2D eigenvalue weighted by atomic mass is 16.4. The lowest BCUT2D eigenvalue weighted by molar-refractivity contribution is -0.123. The Morgan fingerprint density at radius 1 is 0.387 bits per heavy atom. The van der Waals surface area contributed by atoms with Gasteiger partial charge in [0.25, 0.3) is 25.9 Å². The molecule has 0 aromatic carbocycles. The standard InChI is InChI=1S/C48H96N2.4CH2O2/c1-13-15-17-19-21-23-25-27-29-31-33-35-47(11,41-37-43(3,4)49-44(5,6)38-41)48(12,42-39-45(7,8)50-46(9,10)40-42)36-34-32-30-28-26-24-22-20-18-16-14-2;4*2-1-3/h41-42,49-50H,13-40H2,1-12H3;4*1H,(H,2,3). The zero-order chi connectivity index (χ0) is 48.2. The third-order valence-electron chi connectivity index (χ3n) is 14.1. The first-order valence-electron chi connectivity index (χ1n) is 25.0. The number of nitrogens with one attached hydrogen (secondary N) is 2. The molecule has 2 atom stereocenters. The maximum absolute atomic E-state index is 8.36. The van der Waals surface area contributed by atoms with Crippen molar-refractivity contribution in [1.29, 1.82) is 0 Å². The number of piperidine rings is 2. The Morgan fingerprint density at radius 2 is 0.548 bits per heavy atom. The molecule has 370 valence electrons.